The zero-order chi connectivity index (χ0) is 27.7. The SMILES string of the molecule is ClC[C@@H]1COc2cc(Br)c(Br)cc2OC[C@H](CCl)S[C@H](CCl)COc2cc(Br)c(Br)cc2OC[C@H](CCl)S1. The van der Waals surface area contributed by atoms with E-state index in [1.54, 1.807) is 23.5 Å². The summed E-state index contributed by atoms with van der Waals surface area (Å²) in [5, 5.41) is -0.107. The molecule has 212 valence electrons. The number of hydrogen-bond donors (Lipinski definition) is 0. The quantitative estimate of drug-likeness (QED) is 0.285. The number of alkyl halides is 4. The van der Waals surface area contributed by atoms with Crippen LogP contribution in [0.1, 0.15) is 0 Å². The van der Waals surface area contributed by atoms with E-state index in [4.69, 9.17) is 65.4 Å². The fraction of sp³-hybridized carbons (Fsp3) is 0.500. The Morgan fingerprint density at radius 3 is 0.895 bits per heavy atom. The fourth-order valence-corrected chi connectivity index (χ4v) is 7.71. The van der Waals surface area contributed by atoms with Crippen LogP contribution >= 0.6 is 134 Å². The first-order valence-electron chi connectivity index (χ1n) is 11.3. The minimum absolute atomic E-state index is 0.0267. The number of hydrogen-bond acceptors (Lipinski definition) is 6. The molecule has 0 unspecified atom stereocenters. The number of benzene rings is 2. The minimum atomic E-state index is -0.0267. The van der Waals surface area contributed by atoms with E-state index in [0.29, 0.717) is 72.9 Å². The van der Waals surface area contributed by atoms with Gasteiger partial charge in [-0.05, 0) is 88.0 Å². The average Bonchev–Trinajstić information content (AvgIpc) is 2.91. The van der Waals surface area contributed by atoms with Gasteiger partial charge in [0.05, 0.1) is 21.0 Å². The number of halogens is 8. The first-order valence-corrected chi connectivity index (χ1v) is 18.5. The summed E-state index contributed by atoms with van der Waals surface area (Å²) in [6.45, 7) is 1.47. The van der Waals surface area contributed by atoms with Crippen LogP contribution in [0.15, 0.2) is 42.2 Å². The molecule has 4 atom stereocenters. The highest BCUT2D eigenvalue weighted by molar-refractivity contribution is 9.13. The lowest BCUT2D eigenvalue weighted by molar-refractivity contribution is 0.266. The van der Waals surface area contributed by atoms with Gasteiger partial charge in [-0.15, -0.1) is 69.9 Å². The van der Waals surface area contributed by atoms with E-state index in [9.17, 15) is 0 Å². The maximum absolute atomic E-state index is 6.32. The van der Waals surface area contributed by atoms with Crippen LogP contribution in [0.5, 0.6) is 23.0 Å². The standard InChI is InChI=1S/C24H24Br4Cl4O4S2/c25-17-1-21-22(2-18(17)26)34-10-14(6-30)38-16(8-32)12-36-24-4-20(28)19(27)3-23(24)35-11-15(7-31)37-13(5-29)9-33-21/h1-4,13-16H,5-12H2/t13-,14+,15+,16-. The van der Waals surface area contributed by atoms with Crippen LogP contribution in [0.2, 0.25) is 0 Å². The van der Waals surface area contributed by atoms with Crippen molar-refractivity contribution >= 4 is 134 Å². The molecule has 1 aliphatic rings. The monoisotopic (exact) mass is 896 g/mol. The lowest BCUT2D eigenvalue weighted by Gasteiger charge is -2.25. The summed E-state index contributed by atoms with van der Waals surface area (Å²) in [7, 11) is 0. The summed E-state index contributed by atoms with van der Waals surface area (Å²) in [6.07, 6.45) is 0. The predicted molar refractivity (Wildman–Crippen MR) is 179 cm³/mol. The lowest BCUT2D eigenvalue weighted by atomic mass is 10.3. The van der Waals surface area contributed by atoms with Crippen molar-refractivity contribution in [3.8, 4) is 23.0 Å². The summed E-state index contributed by atoms with van der Waals surface area (Å²) in [5.41, 5.74) is 0. The maximum Gasteiger partial charge on any atom is 0.162 e. The molecular formula is C24H24Br4Cl4O4S2. The third-order valence-corrected chi connectivity index (χ3v) is 13.8. The topological polar surface area (TPSA) is 36.9 Å². The third-order valence-electron chi connectivity index (χ3n) is 5.13. The normalized spacial score (nSPS) is 23.4. The Labute approximate surface area is 285 Å². The van der Waals surface area contributed by atoms with Crippen LogP contribution in [0.25, 0.3) is 0 Å². The Hall–Kier alpha value is 1.42. The Kier molecular flexibility index (Phi) is 15.6. The molecule has 0 radical (unpaired) electrons. The molecule has 0 aliphatic carbocycles. The van der Waals surface area contributed by atoms with Gasteiger partial charge in [0, 0.05) is 41.4 Å². The van der Waals surface area contributed by atoms with Gasteiger partial charge in [-0.1, -0.05) is 0 Å². The van der Waals surface area contributed by atoms with Gasteiger partial charge >= 0.3 is 0 Å². The summed E-state index contributed by atoms with van der Waals surface area (Å²) in [6, 6.07) is 7.50. The smallest absolute Gasteiger partial charge is 0.162 e. The van der Waals surface area contributed by atoms with Crippen LogP contribution in [0.3, 0.4) is 0 Å². The van der Waals surface area contributed by atoms with Crippen molar-refractivity contribution in [1.82, 2.24) is 0 Å². The van der Waals surface area contributed by atoms with Crippen molar-refractivity contribution in [3.05, 3.63) is 42.2 Å². The molecule has 1 heterocycles. The predicted octanol–water partition coefficient (Wildman–Crippen LogP) is 9.86. The van der Waals surface area contributed by atoms with E-state index in [0.717, 1.165) is 17.9 Å². The van der Waals surface area contributed by atoms with Crippen molar-refractivity contribution in [2.24, 2.45) is 0 Å². The fourth-order valence-electron chi connectivity index (χ4n) is 3.23. The van der Waals surface area contributed by atoms with Gasteiger partial charge in [-0.3, -0.25) is 0 Å². The van der Waals surface area contributed by atoms with Crippen molar-refractivity contribution in [2.75, 3.05) is 49.9 Å². The number of ether oxygens (including phenoxy) is 4. The molecule has 0 aromatic heterocycles. The van der Waals surface area contributed by atoms with Crippen molar-refractivity contribution in [2.45, 2.75) is 21.0 Å². The maximum atomic E-state index is 6.32. The lowest BCUT2D eigenvalue weighted by Crippen LogP contribution is -2.27. The average molecular weight is 902 g/mol. The molecule has 4 nitrogen and oxygen atoms in total. The molecule has 38 heavy (non-hydrogen) atoms. The Morgan fingerprint density at radius 2 is 0.711 bits per heavy atom. The van der Waals surface area contributed by atoms with E-state index < -0.39 is 0 Å². The largest absolute Gasteiger partial charge is 0.488 e. The summed E-state index contributed by atoms with van der Waals surface area (Å²) >= 11 is 42.7. The third kappa shape index (κ3) is 10.3. The number of rotatable bonds is 4. The summed E-state index contributed by atoms with van der Waals surface area (Å²) < 4.78 is 28.2. The van der Waals surface area contributed by atoms with Crippen LogP contribution in [-0.4, -0.2) is 70.9 Å². The molecule has 2 aromatic rings. The van der Waals surface area contributed by atoms with Gasteiger partial charge in [0.2, 0.25) is 0 Å². The van der Waals surface area contributed by atoms with Crippen molar-refractivity contribution < 1.29 is 18.9 Å². The first kappa shape index (κ1) is 33.9. The van der Waals surface area contributed by atoms with Gasteiger partial charge in [0.25, 0.3) is 0 Å². The zero-order valence-electron chi connectivity index (χ0n) is 19.7. The second-order valence-corrected chi connectivity index (χ2v) is 15.9. The molecule has 0 bridgehead atoms. The van der Waals surface area contributed by atoms with Gasteiger partial charge in [-0.25, -0.2) is 0 Å². The van der Waals surface area contributed by atoms with E-state index in [-0.39, 0.29) is 21.0 Å². The molecule has 0 N–H and O–H groups in total. The van der Waals surface area contributed by atoms with Gasteiger partial charge in [0.1, 0.15) is 26.4 Å². The van der Waals surface area contributed by atoms with Crippen LogP contribution in [-0.2, 0) is 0 Å². The Morgan fingerprint density at radius 1 is 0.500 bits per heavy atom. The molecule has 0 saturated carbocycles. The minimum Gasteiger partial charge on any atom is -0.488 e. The Balaban J connectivity index is 1.91. The van der Waals surface area contributed by atoms with Crippen molar-refractivity contribution in [1.29, 1.82) is 0 Å². The van der Waals surface area contributed by atoms with Crippen LogP contribution in [0, 0.1) is 0 Å². The molecule has 0 amide bonds. The van der Waals surface area contributed by atoms with E-state index in [2.05, 4.69) is 63.7 Å². The van der Waals surface area contributed by atoms with E-state index in [1.807, 2.05) is 24.3 Å². The highest BCUT2D eigenvalue weighted by Gasteiger charge is 2.23. The van der Waals surface area contributed by atoms with Crippen LogP contribution in [0.4, 0.5) is 0 Å². The molecule has 0 spiro atoms. The Bertz CT molecular complexity index is 899. The highest BCUT2D eigenvalue weighted by atomic mass is 79.9. The van der Waals surface area contributed by atoms with Gasteiger partial charge < -0.3 is 18.9 Å². The second kappa shape index (κ2) is 17.5. The van der Waals surface area contributed by atoms with Crippen molar-refractivity contribution in [3.63, 3.8) is 0 Å². The first-order chi connectivity index (χ1) is 18.3. The highest BCUT2D eigenvalue weighted by Crippen LogP contribution is 2.39. The number of thioether (sulfide) groups is 2. The van der Waals surface area contributed by atoms with Crippen LogP contribution < -0.4 is 18.9 Å². The number of fused-ring (bicyclic) bond motifs is 2. The molecule has 14 heteroatoms. The van der Waals surface area contributed by atoms with Gasteiger partial charge in [-0.2, -0.15) is 0 Å². The zero-order valence-corrected chi connectivity index (χ0v) is 30.7. The van der Waals surface area contributed by atoms with E-state index >= 15 is 0 Å². The second-order valence-electron chi connectivity index (χ2n) is 8.05. The molecular weight excluding hydrogens is 878 g/mol. The summed E-state index contributed by atoms with van der Waals surface area (Å²) in [5.74, 6) is 3.96. The summed E-state index contributed by atoms with van der Waals surface area (Å²) in [4.78, 5) is 0. The molecule has 3 rings (SSSR count). The van der Waals surface area contributed by atoms with Gasteiger partial charge in [0.15, 0.2) is 23.0 Å². The molecule has 2 aromatic carbocycles. The van der Waals surface area contributed by atoms with E-state index in [1.165, 1.54) is 0 Å². The molecule has 0 fully saturated rings. The molecule has 1 aliphatic heterocycles. The molecule has 0 saturated heterocycles.